The molecule has 0 aliphatic rings. The van der Waals surface area contributed by atoms with Gasteiger partial charge < -0.3 is 14.9 Å². The maximum absolute atomic E-state index is 12.6. The molecule has 0 fully saturated rings. The van der Waals surface area contributed by atoms with E-state index < -0.39 is 11.5 Å². The summed E-state index contributed by atoms with van der Waals surface area (Å²) in [5.41, 5.74) is 2.86. The number of hydrogen-bond acceptors (Lipinski definition) is 7. The smallest absolute Gasteiger partial charge is 0.362 e. The van der Waals surface area contributed by atoms with E-state index in [1.54, 1.807) is 12.3 Å². The minimum absolute atomic E-state index is 0.0341. The lowest BCUT2D eigenvalue weighted by molar-refractivity contribution is -0.135. The molecule has 1 aromatic heterocycles. The molecule has 0 amide bonds. The second kappa shape index (κ2) is 12.5. The first-order valence-electron chi connectivity index (χ1n) is 11.5. The molecule has 8 heteroatoms. The molecule has 1 N–H and O–H groups in total. The Morgan fingerprint density at radius 1 is 0.944 bits per heavy atom. The van der Waals surface area contributed by atoms with E-state index >= 15 is 0 Å². The number of thiazole rings is 1. The fourth-order valence-corrected chi connectivity index (χ4v) is 4.81. The van der Waals surface area contributed by atoms with Gasteiger partial charge in [0.2, 0.25) is 5.71 Å². The van der Waals surface area contributed by atoms with Crippen LogP contribution in [0.1, 0.15) is 29.3 Å². The molecule has 0 bridgehead atoms. The van der Waals surface area contributed by atoms with E-state index in [4.69, 9.17) is 14.6 Å². The molecule has 3 aromatic carbocycles. The minimum Gasteiger partial charge on any atom is -0.461 e. The predicted octanol–water partition coefficient (Wildman–Crippen LogP) is 6.23. The van der Waals surface area contributed by atoms with Gasteiger partial charge in [-0.2, -0.15) is 0 Å². The van der Waals surface area contributed by atoms with Crippen LogP contribution in [-0.4, -0.2) is 35.2 Å². The maximum atomic E-state index is 12.6. The first kappa shape index (κ1) is 25.6. The normalized spacial score (nSPS) is 11.7. The molecule has 0 aliphatic heterocycles. The average molecular weight is 565 g/mol. The van der Waals surface area contributed by atoms with Crippen molar-refractivity contribution in [1.82, 2.24) is 4.98 Å². The lowest BCUT2D eigenvalue weighted by atomic mass is 9.77. The molecule has 4 rings (SSSR count). The number of nitrogens with zero attached hydrogens (tertiary/aromatic N) is 2. The molecule has 0 spiro atoms. The summed E-state index contributed by atoms with van der Waals surface area (Å²) in [7, 11) is 0. The van der Waals surface area contributed by atoms with Crippen molar-refractivity contribution < 1.29 is 14.4 Å². The summed E-state index contributed by atoms with van der Waals surface area (Å²) in [6.07, 6.45) is 0. The fourth-order valence-electron chi connectivity index (χ4n) is 3.91. The highest BCUT2D eigenvalue weighted by atomic mass is 79.9. The number of carbonyl (C=O) groups excluding carboxylic acids is 1. The molecule has 4 aromatic rings. The number of nitrogens with one attached hydrogen (secondary N) is 1. The van der Waals surface area contributed by atoms with Crippen LogP contribution in [0.2, 0.25) is 0 Å². The van der Waals surface area contributed by atoms with Crippen LogP contribution >= 0.6 is 27.3 Å². The van der Waals surface area contributed by atoms with E-state index in [2.05, 4.69) is 62.8 Å². The number of anilines is 1. The number of hydrogen-bond donors (Lipinski definition) is 1. The van der Waals surface area contributed by atoms with Gasteiger partial charge in [0, 0.05) is 10.7 Å². The second-order valence-corrected chi connectivity index (χ2v) is 9.34. The zero-order chi connectivity index (χ0) is 25.2. The molecule has 0 aliphatic carbocycles. The molecule has 1 heterocycles. The summed E-state index contributed by atoms with van der Waals surface area (Å²) in [4.78, 5) is 22.6. The van der Waals surface area contributed by atoms with Crippen molar-refractivity contribution in [1.29, 1.82) is 0 Å². The topological polar surface area (TPSA) is 72.8 Å². The largest absolute Gasteiger partial charge is 0.461 e. The van der Waals surface area contributed by atoms with E-state index in [-0.39, 0.29) is 12.3 Å². The molecule has 0 saturated heterocycles. The van der Waals surface area contributed by atoms with Gasteiger partial charge in [0.1, 0.15) is 17.8 Å². The van der Waals surface area contributed by atoms with E-state index in [0.717, 1.165) is 16.7 Å². The Bertz CT molecular complexity index is 1180. The summed E-state index contributed by atoms with van der Waals surface area (Å²) >= 11 is 4.68. The van der Waals surface area contributed by atoms with E-state index in [0.29, 0.717) is 22.8 Å². The molecule has 0 unspecified atom stereocenters. The van der Waals surface area contributed by atoms with Crippen LogP contribution in [0.3, 0.4) is 0 Å². The number of rotatable bonds is 11. The third-order valence-electron chi connectivity index (χ3n) is 5.45. The van der Waals surface area contributed by atoms with Crippen molar-refractivity contribution in [3.05, 3.63) is 119 Å². The highest BCUT2D eigenvalue weighted by Crippen LogP contribution is 2.40. The Balaban J connectivity index is 1.82. The van der Waals surface area contributed by atoms with Crippen LogP contribution in [0.25, 0.3) is 0 Å². The third-order valence-corrected chi connectivity index (χ3v) is 6.54. The van der Waals surface area contributed by atoms with Gasteiger partial charge in [0.25, 0.3) is 0 Å². The maximum Gasteiger partial charge on any atom is 0.362 e. The number of oxime groups is 1. The second-order valence-electron chi connectivity index (χ2n) is 7.69. The molecular formula is C28H26BrN3O3S. The van der Waals surface area contributed by atoms with Crippen LogP contribution in [0.5, 0.6) is 0 Å². The van der Waals surface area contributed by atoms with Crippen molar-refractivity contribution >= 4 is 44.1 Å². The number of halogens is 1. The summed E-state index contributed by atoms with van der Waals surface area (Å²) in [6.45, 7) is 2.29. The number of carbonyl (C=O) groups is 1. The molecule has 0 atom stereocenters. The highest BCUT2D eigenvalue weighted by molar-refractivity contribution is 9.09. The Labute approximate surface area is 223 Å². The zero-order valence-electron chi connectivity index (χ0n) is 19.8. The standard InChI is InChI=1S/C28H26BrN3O3S/c1-2-34-26(33)25(32-35-19-18-29)24-20-36-27(30-24)31-28(21-12-6-3-7-13-21,22-14-8-4-9-15-22)23-16-10-5-11-17-23/h3-17,20H,2,18-19H2,1H3,(H,30,31)/b32-25-. The lowest BCUT2D eigenvalue weighted by Crippen LogP contribution is -2.38. The number of esters is 1. The first-order valence-corrected chi connectivity index (χ1v) is 13.5. The van der Waals surface area contributed by atoms with Crippen LogP contribution in [0.4, 0.5) is 5.13 Å². The molecule has 0 saturated carbocycles. The van der Waals surface area contributed by atoms with Crippen LogP contribution in [0, 0.1) is 0 Å². The van der Waals surface area contributed by atoms with Crippen molar-refractivity contribution in [3.8, 4) is 0 Å². The first-order chi connectivity index (χ1) is 17.7. The van der Waals surface area contributed by atoms with E-state index in [9.17, 15) is 4.79 Å². The molecule has 184 valence electrons. The quantitative estimate of drug-likeness (QED) is 0.0585. The van der Waals surface area contributed by atoms with Crippen LogP contribution in [0.15, 0.2) is 102 Å². The number of alkyl halides is 1. The fraction of sp³-hybridized carbons (Fsp3) is 0.179. The summed E-state index contributed by atoms with van der Waals surface area (Å²) in [6, 6.07) is 30.7. The zero-order valence-corrected chi connectivity index (χ0v) is 22.2. The molecule has 0 radical (unpaired) electrons. The summed E-state index contributed by atoms with van der Waals surface area (Å²) in [5.74, 6) is -0.579. The van der Waals surface area contributed by atoms with Gasteiger partial charge in [-0.05, 0) is 23.6 Å². The Morgan fingerprint density at radius 2 is 1.47 bits per heavy atom. The number of ether oxygens (including phenoxy) is 1. The average Bonchev–Trinajstić information content (AvgIpc) is 3.39. The predicted molar refractivity (Wildman–Crippen MR) is 148 cm³/mol. The Kier molecular flexibility index (Phi) is 8.86. The van der Waals surface area contributed by atoms with Gasteiger partial charge in [-0.1, -0.05) is 112 Å². The van der Waals surface area contributed by atoms with Gasteiger partial charge in [0.15, 0.2) is 5.13 Å². The monoisotopic (exact) mass is 563 g/mol. The van der Waals surface area contributed by atoms with Crippen molar-refractivity contribution in [2.75, 3.05) is 23.9 Å². The van der Waals surface area contributed by atoms with Gasteiger partial charge in [-0.15, -0.1) is 11.3 Å². The van der Waals surface area contributed by atoms with Crippen molar-refractivity contribution in [3.63, 3.8) is 0 Å². The van der Waals surface area contributed by atoms with Gasteiger partial charge in [-0.3, -0.25) is 0 Å². The molecule has 36 heavy (non-hydrogen) atoms. The highest BCUT2D eigenvalue weighted by Gasteiger charge is 2.37. The van der Waals surface area contributed by atoms with Crippen molar-refractivity contribution in [2.24, 2.45) is 5.16 Å². The van der Waals surface area contributed by atoms with Gasteiger partial charge in [0.05, 0.1) is 6.61 Å². The number of benzene rings is 3. The SMILES string of the molecule is CCOC(=O)/C(=N\OCCBr)c1csc(NC(c2ccccc2)(c2ccccc2)c2ccccc2)n1. The van der Waals surface area contributed by atoms with Gasteiger partial charge >= 0.3 is 5.97 Å². The number of aromatic nitrogens is 1. The van der Waals surface area contributed by atoms with Gasteiger partial charge in [-0.25, -0.2) is 9.78 Å². The van der Waals surface area contributed by atoms with Crippen LogP contribution < -0.4 is 5.32 Å². The summed E-state index contributed by atoms with van der Waals surface area (Å²) in [5, 5.41) is 10.7. The Hall–Kier alpha value is -3.49. The molecular weight excluding hydrogens is 538 g/mol. The van der Waals surface area contributed by atoms with Crippen molar-refractivity contribution in [2.45, 2.75) is 12.5 Å². The summed E-state index contributed by atoms with van der Waals surface area (Å²) < 4.78 is 5.19. The third kappa shape index (κ3) is 5.66. The molecule has 6 nitrogen and oxygen atoms in total. The Morgan fingerprint density at radius 3 is 1.94 bits per heavy atom. The van der Waals surface area contributed by atoms with E-state index in [1.165, 1.54) is 11.3 Å². The van der Waals surface area contributed by atoms with Crippen LogP contribution in [-0.2, 0) is 19.9 Å². The minimum atomic E-state index is -0.730. The van der Waals surface area contributed by atoms with E-state index in [1.807, 2.05) is 54.6 Å². The lowest BCUT2D eigenvalue weighted by Gasteiger charge is -2.36.